The van der Waals surface area contributed by atoms with Crippen molar-refractivity contribution in [2.24, 2.45) is 0 Å². The number of esters is 1. The number of nitriles is 1. The Morgan fingerprint density at radius 1 is 1.60 bits per heavy atom. The Morgan fingerprint density at radius 3 is 3.10 bits per heavy atom. The third-order valence-electron chi connectivity index (χ3n) is 3.48. The maximum Gasteiger partial charge on any atom is 0.323 e. The molecule has 1 aromatic rings. The molecule has 0 aromatic heterocycles. The van der Waals surface area contributed by atoms with Gasteiger partial charge in [0.2, 0.25) is 0 Å². The van der Waals surface area contributed by atoms with Gasteiger partial charge < -0.3 is 4.74 Å². The predicted octanol–water partition coefficient (Wildman–Crippen LogP) is 2.22. The SMILES string of the molecule is CCOC(=O)C1CCCN1Cc1cc(F)ccc1C#N. The van der Waals surface area contributed by atoms with Crippen molar-refractivity contribution in [3.63, 3.8) is 0 Å². The van der Waals surface area contributed by atoms with E-state index < -0.39 is 0 Å². The van der Waals surface area contributed by atoms with Crippen LogP contribution < -0.4 is 0 Å². The molecule has 2 rings (SSSR count). The summed E-state index contributed by atoms with van der Waals surface area (Å²) >= 11 is 0. The number of likely N-dealkylation sites (tertiary alicyclic amines) is 1. The molecule has 0 saturated carbocycles. The minimum Gasteiger partial charge on any atom is -0.465 e. The maximum atomic E-state index is 13.3. The molecule has 1 fully saturated rings. The summed E-state index contributed by atoms with van der Waals surface area (Å²) in [5.74, 6) is -0.606. The number of carbonyl (C=O) groups excluding carboxylic acids is 1. The summed E-state index contributed by atoms with van der Waals surface area (Å²) < 4.78 is 18.4. The molecule has 0 radical (unpaired) electrons. The molecule has 0 N–H and O–H groups in total. The van der Waals surface area contributed by atoms with Gasteiger partial charge in [0.05, 0.1) is 18.2 Å². The Balaban J connectivity index is 2.15. The number of nitrogens with zero attached hydrogens (tertiary/aromatic N) is 2. The van der Waals surface area contributed by atoms with E-state index in [1.54, 1.807) is 6.92 Å². The quantitative estimate of drug-likeness (QED) is 0.791. The van der Waals surface area contributed by atoms with Crippen LogP contribution in [0.3, 0.4) is 0 Å². The molecule has 1 unspecified atom stereocenters. The molecule has 5 heteroatoms. The van der Waals surface area contributed by atoms with Gasteiger partial charge in [0.1, 0.15) is 11.9 Å². The summed E-state index contributed by atoms with van der Waals surface area (Å²) in [6, 6.07) is 5.87. The number of halogens is 1. The predicted molar refractivity (Wildman–Crippen MR) is 71.2 cm³/mol. The highest BCUT2D eigenvalue weighted by molar-refractivity contribution is 5.76. The first-order valence-electron chi connectivity index (χ1n) is 6.75. The highest BCUT2D eigenvalue weighted by atomic mass is 19.1. The summed E-state index contributed by atoms with van der Waals surface area (Å²) in [7, 11) is 0. The van der Waals surface area contributed by atoms with Gasteiger partial charge in [0, 0.05) is 6.54 Å². The van der Waals surface area contributed by atoms with E-state index in [1.165, 1.54) is 18.2 Å². The van der Waals surface area contributed by atoms with E-state index in [4.69, 9.17) is 10.00 Å². The monoisotopic (exact) mass is 276 g/mol. The van der Waals surface area contributed by atoms with Crippen molar-refractivity contribution < 1.29 is 13.9 Å². The van der Waals surface area contributed by atoms with E-state index in [-0.39, 0.29) is 17.8 Å². The van der Waals surface area contributed by atoms with E-state index in [0.717, 1.165) is 19.4 Å². The Kier molecular flexibility index (Phi) is 4.70. The molecule has 106 valence electrons. The number of rotatable bonds is 4. The zero-order valence-electron chi connectivity index (χ0n) is 11.4. The molecule has 0 aliphatic carbocycles. The van der Waals surface area contributed by atoms with Crippen LogP contribution in [0.25, 0.3) is 0 Å². The normalized spacial score (nSPS) is 18.8. The lowest BCUT2D eigenvalue weighted by molar-refractivity contribution is -0.148. The molecule has 1 aliphatic rings. The van der Waals surface area contributed by atoms with E-state index in [9.17, 15) is 9.18 Å². The summed E-state index contributed by atoms with van der Waals surface area (Å²) in [6.07, 6.45) is 1.65. The molecule has 1 saturated heterocycles. The lowest BCUT2D eigenvalue weighted by atomic mass is 10.1. The Labute approximate surface area is 117 Å². The Hall–Kier alpha value is -1.93. The third-order valence-corrected chi connectivity index (χ3v) is 3.48. The number of benzene rings is 1. The van der Waals surface area contributed by atoms with Crippen molar-refractivity contribution in [2.45, 2.75) is 32.4 Å². The fourth-order valence-electron chi connectivity index (χ4n) is 2.54. The summed E-state index contributed by atoms with van der Waals surface area (Å²) in [6.45, 7) is 3.28. The smallest absolute Gasteiger partial charge is 0.323 e. The van der Waals surface area contributed by atoms with Crippen molar-refractivity contribution in [2.75, 3.05) is 13.2 Å². The molecule has 1 aliphatic heterocycles. The van der Waals surface area contributed by atoms with Gasteiger partial charge in [-0.2, -0.15) is 5.26 Å². The molecule has 0 amide bonds. The van der Waals surface area contributed by atoms with E-state index in [0.29, 0.717) is 24.3 Å². The fourth-order valence-corrected chi connectivity index (χ4v) is 2.54. The first-order valence-corrected chi connectivity index (χ1v) is 6.75. The average molecular weight is 276 g/mol. The molecule has 20 heavy (non-hydrogen) atoms. The first kappa shape index (κ1) is 14.5. The van der Waals surface area contributed by atoms with Crippen molar-refractivity contribution in [3.05, 3.63) is 35.1 Å². The van der Waals surface area contributed by atoms with E-state index in [2.05, 4.69) is 6.07 Å². The maximum absolute atomic E-state index is 13.3. The third kappa shape index (κ3) is 3.14. The second kappa shape index (κ2) is 6.49. The second-order valence-electron chi connectivity index (χ2n) is 4.79. The van der Waals surface area contributed by atoms with Crippen molar-refractivity contribution in [3.8, 4) is 6.07 Å². The first-order chi connectivity index (χ1) is 9.65. The van der Waals surface area contributed by atoms with Crippen LogP contribution in [0.2, 0.25) is 0 Å². The van der Waals surface area contributed by atoms with Crippen LogP contribution in [-0.4, -0.2) is 30.1 Å². The van der Waals surface area contributed by atoms with Crippen LogP contribution in [0, 0.1) is 17.1 Å². The van der Waals surface area contributed by atoms with Gasteiger partial charge in [-0.1, -0.05) is 0 Å². The highest BCUT2D eigenvalue weighted by Crippen LogP contribution is 2.23. The van der Waals surface area contributed by atoms with Crippen molar-refractivity contribution >= 4 is 5.97 Å². The van der Waals surface area contributed by atoms with Crippen LogP contribution >= 0.6 is 0 Å². The van der Waals surface area contributed by atoms with Gasteiger partial charge in [-0.15, -0.1) is 0 Å². The van der Waals surface area contributed by atoms with Gasteiger partial charge in [0.25, 0.3) is 0 Å². The average Bonchev–Trinajstić information content (AvgIpc) is 2.87. The molecule has 4 nitrogen and oxygen atoms in total. The topological polar surface area (TPSA) is 53.3 Å². The molecule has 1 atom stereocenters. The van der Waals surface area contributed by atoms with Gasteiger partial charge >= 0.3 is 5.97 Å². The van der Waals surface area contributed by atoms with Gasteiger partial charge in [-0.25, -0.2) is 4.39 Å². The minimum atomic E-state index is -0.370. The molecule has 1 heterocycles. The molecule has 0 spiro atoms. The van der Waals surface area contributed by atoms with Crippen molar-refractivity contribution in [1.82, 2.24) is 4.90 Å². The van der Waals surface area contributed by atoms with Crippen molar-refractivity contribution in [1.29, 1.82) is 5.26 Å². The Morgan fingerprint density at radius 2 is 2.40 bits per heavy atom. The van der Waals surface area contributed by atoms with Crippen LogP contribution in [-0.2, 0) is 16.1 Å². The van der Waals surface area contributed by atoms with Gasteiger partial charge in [-0.05, 0) is 50.1 Å². The molecular formula is C15H17FN2O2. The summed E-state index contributed by atoms with van der Waals surface area (Å²) in [4.78, 5) is 13.8. The van der Waals surface area contributed by atoms with E-state index in [1.807, 2.05) is 4.90 Å². The fraction of sp³-hybridized carbons (Fsp3) is 0.467. The lowest BCUT2D eigenvalue weighted by Crippen LogP contribution is -2.37. The van der Waals surface area contributed by atoms with Crippen LogP contribution in [0.4, 0.5) is 4.39 Å². The standard InChI is InChI=1S/C15H17FN2O2/c1-2-20-15(19)14-4-3-7-18(14)10-12-8-13(16)6-5-11(12)9-17/h5-6,8,14H,2-4,7,10H2,1H3. The van der Waals surface area contributed by atoms with Gasteiger partial charge in [-0.3, -0.25) is 9.69 Å². The second-order valence-corrected chi connectivity index (χ2v) is 4.79. The van der Waals surface area contributed by atoms with Crippen LogP contribution in [0.5, 0.6) is 0 Å². The number of hydrogen-bond donors (Lipinski definition) is 0. The largest absolute Gasteiger partial charge is 0.465 e. The number of carbonyl (C=O) groups is 1. The van der Waals surface area contributed by atoms with Crippen LogP contribution in [0.15, 0.2) is 18.2 Å². The molecule has 0 bridgehead atoms. The Bertz CT molecular complexity index is 539. The van der Waals surface area contributed by atoms with Gasteiger partial charge in [0.15, 0.2) is 0 Å². The van der Waals surface area contributed by atoms with Crippen LogP contribution in [0.1, 0.15) is 30.9 Å². The summed E-state index contributed by atoms with van der Waals surface area (Å²) in [5, 5.41) is 9.06. The molecule has 1 aromatic carbocycles. The highest BCUT2D eigenvalue weighted by Gasteiger charge is 2.32. The zero-order valence-corrected chi connectivity index (χ0v) is 11.4. The number of hydrogen-bond acceptors (Lipinski definition) is 4. The minimum absolute atomic E-state index is 0.236. The zero-order chi connectivity index (χ0) is 14.5. The number of ether oxygens (including phenoxy) is 1. The molecular weight excluding hydrogens is 259 g/mol. The lowest BCUT2D eigenvalue weighted by Gasteiger charge is -2.23. The van der Waals surface area contributed by atoms with E-state index >= 15 is 0 Å². The summed E-state index contributed by atoms with van der Waals surface area (Å²) in [5.41, 5.74) is 1.06.